The topological polar surface area (TPSA) is 60.4 Å². The van der Waals surface area contributed by atoms with Crippen LogP contribution >= 0.6 is 95.6 Å². The molecule has 2 aliphatic rings. The summed E-state index contributed by atoms with van der Waals surface area (Å²) in [5, 5.41) is 0. The lowest BCUT2D eigenvalue weighted by Gasteiger charge is -2.30. The van der Waals surface area contributed by atoms with Crippen molar-refractivity contribution in [2.24, 2.45) is 17.8 Å². The van der Waals surface area contributed by atoms with Crippen molar-refractivity contribution in [3.05, 3.63) is 0 Å². The van der Waals surface area contributed by atoms with E-state index >= 15 is 0 Å². The third-order valence-corrected chi connectivity index (χ3v) is 15.4. The molecule has 2 rings (SSSR count). The van der Waals surface area contributed by atoms with E-state index in [1.807, 2.05) is 0 Å². The molecule has 0 saturated heterocycles. The molecule has 7 unspecified atom stereocenters. The van der Waals surface area contributed by atoms with Gasteiger partial charge < -0.3 is 4.74 Å². The minimum Gasteiger partial charge on any atom is -0.469 e. The van der Waals surface area contributed by atoms with Gasteiger partial charge in [-0.1, -0.05) is 123 Å². The second-order valence-corrected chi connectivity index (χ2v) is 16.7. The van der Waals surface area contributed by atoms with E-state index in [-0.39, 0.29) is 31.8 Å². The molecule has 2 aliphatic carbocycles. The molecular formula is C25H38Br6O4. The molecular weight excluding hydrogens is 844 g/mol. The molecule has 0 aromatic heterocycles. The van der Waals surface area contributed by atoms with Gasteiger partial charge in [0.15, 0.2) is 5.78 Å². The summed E-state index contributed by atoms with van der Waals surface area (Å²) < 4.78 is 4.34. The minimum atomic E-state index is -0.356. The first-order chi connectivity index (χ1) is 16.4. The van der Waals surface area contributed by atoms with Gasteiger partial charge in [0, 0.05) is 38.1 Å². The van der Waals surface area contributed by atoms with Crippen LogP contribution < -0.4 is 0 Å². The fourth-order valence-corrected chi connectivity index (χ4v) is 9.72. The van der Waals surface area contributed by atoms with Crippen LogP contribution in [0.1, 0.15) is 78.6 Å². The zero-order chi connectivity index (χ0) is 26.9. The van der Waals surface area contributed by atoms with Gasteiger partial charge in [-0.25, -0.2) is 0 Å². The molecule has 0 spiro atoms. The number of methoxy groups -OCH3 is 1. The maximum Gasteiger partial charge on any atom is 0.305 e. The summed E-state index contributed by atoms with van der Waals surface area (Å²) in [5.41, 5.74) is 0. The normalized spacial score (nSPS) is 31.9. The first-order valence-electron chi connectivity index (χ1n) is 12.4. The summed E-state index contributed by atoms with van der Waals surface area (Å²) in [5.74, 6) is 0.975. The molecule has 204 valence electrons. The number of carbonyl (C=O) groups excluding carboxylic acids is 3. The molecule has 0 aliphatic heterocycles. The number of carbonyl (C=O) groups is 3. The molecule has 0 aromatic carbocycles. The number of ether oxygens (including phenoxy) is 1. The fraction of sp³-hybridized carbons (Fsp3) is 0.880. The number of halogens is 6. The van der Waals surface area contributed by atoms with E-state index < -0.39 is 0 Å². The Labute approximate surface area is 261 Å². The monoisotopic (exact) mass is 876 g/mol. The minimum absolute atomic E-state index is 0.0000694. The van der Waals surface area contributed by atoms with Crippen LogP contribution in [-0.2, 0) is 19.1 Å². The van der Waals surface area contributed by atoms with Gasteiger partial charge in [0.2, 0.25) is 0 Å². The van der Waals surface area contributed by atoms with Crippen molar-refractivity contribution >= 4 is 113 Å². The van der Waals surface area contributed by atoms with Crippen LogP contribution in [-0.4, -0.2) is 53.1 Å². The quantitative estimate of drug-likeness (QED) is 0.154. The van der Waals surface area contributed by atoms with Crippen LogP contribution in [0.4, 0.5) is 0 Å². The van der Waals surface area contributed by atoms with Gasteiger partial charge in [-0.2, -0.15) is 0 Å². The molecule has 2 saturated carbocycles. The molecule has 0 bridgehead atoms. The molecule has 10 heteroatoms. The van der Waals surface area contributed by atoms with Crippen LogP contribution in [0.2, 0.25) is 0 Å². The predicted molar refractivity (Wildman–Crippen MR) is 166 cm³/mol. The van der Waals surface area contributed by atoms with E-state index in [0.29, 0.717) is 44.8 Å². The van der Waals surface area contributed by atoms with Crippen molar-refractivity contribution < 1.29 is 19.1 Å². The first-order valence-corrected chi connectivity index (χ1v) is 17.8. The Morgan fingerprint density at radius 1 is 1.03 bits per heavy atom. The molecule has 35 heavy (non-hydrogen) atoms. The summed E-state index contributed by atoms with van der Waals surface area (Å²) in [7, 11) is 1.40. The third kappa shape index (κ3) is 9.99. The van der Waals surface area contributed by atoms with Gasteiger partial charge >= 0.3 is 5.97 Å². The average Bonchev–Trinajstić information content (AvgIpc) is 3.28. The lowest BCUT2D eigenvalue weighted by Crippen LogP contribution is -2.39. The molecule has 0 heterocycles. The van der Waals surface area contributed by atoms with Crippen LogP contribution in [0.3, 0.4) is 0 Å². The van der Waals surface area contributed by atoms with Crippen molar-refractivity contribution in [1.29, 1.82) is 0 Å². The van der Waals surface area contributed by atoms with E-state index in [4.69, 9.17) is 4.74 Å². The third-order valence-electron chi connectivity index (χ3n) is 7.26. The highest BCUT2D eigenvalue weighted by Gasteiger charge is 2.52. The highest BCUT2D eigenvalue weighted by molar-refractivity contribution is 9.12. The second kappa shape index (κ2) is 16.7. The summed E-state index contributed by atoms with van der Waals surface area (Å²) in [6.45, 7) is 6.42. The molecule has 0 N–H and O–H groups in total. The summed E-state index contributed by atoms with van der Waals surface area (Å²) in [6.07, 6.45) is 7.48. The molecule has 0 aromatic rings. The van der Waals surface area contributed by atoms with E-state index in [1.165, 1.54) is 7.11 Å². The zero-order valence-electron chi connectivity index (χ0n) is 20.9. The smallest absolute Gasteiger partial charge is 0.305 e. The Kier molecular flexibility index (Phi) is 16.6. The standard InChI is InChI=1S/C13H20Br2O3.C12H18Br4O/c1-3-10(14)11(15)7-9-8(4-5-12(9)16)6-13(17)18-2;1-3-7-5-9(14)11(17)12(7,16)6-10(15)8(13)4-2/h8-11H,3-7H2,1-2H3;7-10H,3-6H2,1-2H3/t;7?,8?,9-,10?,12-/m.0/s1. The van der Waals surface area contributed by atoms with Gasteiger partial charge in [0.05, 0.1) is 16.3 Å². The van der Waals surface area contributed by atoms with Crippen molar-refractivity contribution in [2.75, 3.05) is 7.11 Å². The SMILES string of the molecule is CCC(Br)C(Br)CC1C(=O)CCC1CC(=O)OC.CCC(Br)C(Br)C[C@@]1(Br)C(=O)[C@@H](Br)CC1CC. The number of rotatable bonds is 11. The Balaban J connectivity index is 0.000000351. The molecule has 4 nitrogen and oxygen atoms in total. The molecule has 2 fully saturated rings. The summed E-state index contributed by atoms with van der Waals surface area (Å²) >= 11 is 21.9. The lowest BCUT2D eigenvalue weighted by atomic mass is 9.88. The zero-order valence-corrected chi connectivity index (χ0v) is 30.4. The number of hydrogen-bond donors (Lipinski definition) is 0. The van der Waals surface area contributed by atoms with E-state index in [0.717, 1.165) is 44.9 Å². The van der Waals surface area contributed by atoms with Crippen molar-refractivity contribution in [1.82, 2.24) is 0 Å². The van der Waals surface area contributed by atoms with Gasteiger partial charge in [0.1, 0.15) is 5.78 Å². The lowest BCUT2D eigenvalue weighted by molar-refractivity contribution is -0.142. The number of ketones is 2. The number of Topliss-reactive ketones (excluding diaryl/α,β-unsaturated/α-hetero) is 2. The Morgan fingerprint density at radius 2 is 1.60 bits per heavy atom. The average molecular weight is 882 g/mol. The number of alkyl halides is 6. The molecule has 9 atom stereocenters. The molecule has 0 amide bonds. The van der Waals surface area contributed by atoms with Crippen LogP contribution in [0.15, 0.2) is 0 Å². The maximum absolute atomic E-state index is 12.3. The number of hydrogen-bond acceptors (Lipinski definition) is 4. The van der Waals surface area contributed by atoms with Crippen molar-refractivity contribution in [2.45, 2.75) is 107 Å². The summed E-state index contributed by atoms with van der Waals surface area (Å²) in [4.78, 5) is 37.0. The second-order valence-electron chi connectivity index (χ2n) is 9.51. The summed E-state index contributed by atoms with van der Waals surface area (Å²) in [6, 6.07) is 0. The maximum atomic E-state index is 12.3. The predicted octanol–water partition coefficient (Wildman–Crippen LogP) is 8.68. The largest absolute Gasteiger partial charge is 0.469 e. The van der Waals surface area contributed by atoms with Crippen molar-refractivity contribution in [3.8, 4) is 0 Å². The molecule has 0 radical (unpaired) electrons. The van der Waals surface area contributed by atoms with Gasteiger partial charge in [-0.05, 0) is 50.4 Å². The van der Waals surface area contributed by atoms with Crippen LogP contribution in [0, 0.1) is 17.8 Å². The Hall–Kier alpha value is 1.69. The first kappa shape index (κ1) is 34.7. The van der Waals surface area contributed by atoms with E-state index in [2.05, 4.69) is 116 Å². The van der Waals surface area contributed by atoms with E-state index in [9.17, 15) is 14.4 Å². The van der Waals surface area contributed by atoms with Gasteiger partial charge in [-0.15, -0.1) is 0 Å². The highest BCUT2D eigenvalue weighted by atomic mass is 79.9. The van der Waals surface area contributed by atoms with Gasteiger partial charge in [-0.3, -0.25) is 14.4 Å². The van der Waals surface area contributed by atoms with Crippen LogP contribution in [0.25, 0.3) is 0 Å². The van der Waals surface area contributed by atoms with Crippen LogP contribution in [0.5, 0.6) is 0 Å². The van der Waals surface area contributed by atoms with Gasteiger partial charge in [0.25, 0.3) is 0 Å². The Bertz CT molecular complexity index is 707. The van der Waals surface area contributed by atoms with E-state index in [1.54, 1.807) is 0 Å². The Morgan fingerprint density at radius 3 is 2.11 bits per heavy atom. The fourth-order valence-electron chi connectivity index (χ4n) is 4.92. The highest BCUT2D eigenvalue weighted by Crippen LogP contribution is 2.49. The van der Waals surface area contributed by atoms with Crippen molar-refractivity contribution in [3.63, 3.8) is 0 Å². The number of esters is 1.